The van der Waals surface area contributed by atoms with Gasteiger partial charge in [-0.1, -0.05) is 60.7 Å². The van der Waals surface area contributed by atoms with Crippen molar-refractivity contribution in [1.29, 1.82) is 0 Å². The van der Waals surface area contributed by atoms with Crippen molar-refractivity contribution in [3.05, 3.63) is 102 Å². The number of hydrogen-bond donors (Lipinski definition) is 1. The van der Waals surface area contributed by atoms with Gasteiger partial charge in [-0.25, -0.2) is 4.98 Å². The van der Waals surface area contributed by atoms with Crippen LogP contribution in [0.5, 0.6) is 5.88 Å². The van der Waals surface area contributed by atoms with Crippen LogP contribution >= 0.6 is 0 Å². The van der Waals surface area contributed by atoms with Crippen molar-refractivity contribution in [3.63, 3.8) is 0 Å². The fourth-order valence-corrected chi connectivity index (χ4v) is 4.20. The van der Waals surface area contributed by atoms with Crippen molar-refractivity contribution in [3.8, 4) is 5.88 Å². The van der Waals surface area contributed by atoms with E-state index in [-0.39, 0.29) is 18.6 Å². The lowest BCUT2D eigenvalue weighted by Crippen LogP contribution is -2.35. The number of methoxy groups -OCH3 is 1. The van der Waals surface area contributed by atoms with Crippen LogP contribution in [-0.4, -0.2) is 36.1 Å². The van der Waals surface area contributed by atoms with Gasteiger partial charge in [0.25, 0.3) is 0 Å². The molecule has 0 aliphatic rings. The van der Waals surface area contributed by atoms with Gasteiger partial charge in [0.2, 0.25) is 5.88 Å². The molecule has 2 N–H and O–H groups in total. The minimum absolute atomic E-state index is 0.112. The van der Waals surface area contributed by atoms with Crippen molar-refractivity contribution >= 4 is 22.6 Å². The maximum atomic E-state index is 12.7. The summed E-state index contributed by atoms with van der Waals surface area (Å²) in [4.78, 5) is 19.6. The average Bonchev–Trinajstić information content (AvgIpc) is 2.85. The molecule has 6 heteroatoms. The van der Waals surface area contributed by atoms with Crippen LogP contribution in [0.1, 0.15) is 29.7 Å². The van der Waals surface area contributed by atoms with Gasteiger partial charge in [-0.3, -0.25) is 9.69 Å². The number of nitrogens with two attached hydrogens (primary N) is 1. The van der Waals surface area contributed by atoms with Crippen molar-refractivity contribution in [2.75, 3.05) is 26.0 Å². The topological polar surface area (TPSA) is 77.7 Å². The molecule has 174 valence electrons. The van der Waals surface area contributed by atoms with Gasteiger partial charge in [0, 0.05) is 23.2 Å². The normalized spacial score (nSPS) is 12.0. The van der Waals surface area contributed by atoms with Crippen LogP contribution in [-0.2, 0) is 16.1 Å². The fraction of sp³-hybridized carbons (Fsp3) is 0.214. The number of esters is 1. The lowest BCUT2D eigenvalue weighted by atomic mass is 9.95. The summed E-state index contributed by atoms with van der Waals surface area (Å²) >= 11 is 0. The summed E-state index contributed by atoms with van der Waals surface area (Å²) in [5, 5.41) is 0.910. The van der Waals surface area contributed by atoms with E-state index >= 15 is 0 Å². The molecule has 1 aromatic heterocycles. The van der Waals surface area contributed by atoms with E-state index in [1.807, 2.05) is 61.5 Å². The number of carbonyl (C=O) groups is 1. The number of pyridine rings is 1. The highest BCUT2D eigenvalue weighted by Gasteiger charge is 2.29. The summed E-state index contributed by atoms with van der Waals surface area (Å²) < 4.78 is 11.1. The average molecular weight is 456 g/mol. The molecule has 0 aliphatic carbocycles. The maximum absolute atomic E-state index is 12.7. The summed E-state index contributed by atoms with van der Waals surface area (Å²) in [6.45, 7) is 2.79. The van der Waals surface area contributed by atoms with Crippen molar-refractivity contribution < 1.29 is 14.3 Å². The first-order valence-corrected chi connectivity index (χ1v) is 11.3. The highest BCUT2D eigenvalue weighted by atomic mass is 16.5. The summed E-state index contributed by atoms with van der Waals surface area (Å²) in [5.74, 6) is 0.226. The number of ether oxygens (including phenoxy) is 2. The van der Waals surface area contributed by atoms with Gasteiger partial charge < -0.3 is 15.2 Å². The van der Waals surface area contributed by atoms with E-state index in [0.29, 0.717) is 24.7 Å². The Labute approximate surface area is 199 Å². The Balaban J connectivity index is 1.89. The Morgan fingerprint density at radius 2 is 1.71 bits per heavy atom. The van der Waals surface area contributed by atoms with E-state index in [1.54, 1.807) is 7.11 Å². The van der Waals surface area contributed by atoms with E-state index in [0.717, 1.165) is 27.6 Å². The molecule has 0 amide bonds. The zero-order chi connectivity index (χ0) is 23.9. The standard InChI is InChI=1S/C28H29N3O3/c1-3-34-26(32)19-31(18-20-10-6-4-7-11-20)27(21-12-8-5-9-13-21)24-17-22-16-23(29)14-15-25(22)30-28(24)33-2/h4-17,27H,3,18-19,29H2,1-2H3. The van der Waals surface area contributed by atoms with Crippen LogP contribution < -0.4 is 10.5 Å². The molecule has 1 unspecified atom stereocenters. The van der Waals surface area contributed by atoms with Crippen LogP contribution in [0.2, 0.25) is 0 Å². The molecule has 34 heavy (non-hydrogen) atoms. The van der Waals surface area contributed by atoms with Gasteiger partial charge in [0.15, 0.2) is 0 Å². The molecule has 0 aliphatic heterocycles. The Hall–Kier alpha value is -3.90. The van der Waals surface area contributed by atoms with E-state index in [4.69, 9.17) is 20.2 Å². The number of rotatable bonds is 9. The van der Waals surface area contributed by atoms with Gasteiger partial charge in [-0.05, 0) is 42.3 Å². The third-order valence-corrected chi connectivity index (χ3v) is 5.67. The molecule has 0 spiro atoms. The van der Waals surface area contributed by atoms with E-state index in [9.17, 15) is 4.79 Å². The van der Waals surface area contributed by atoms with Crippen molar-refractivity contribution in [1.82, 2.24) is 9.88 Å². The zero-order valence-electron chi connectivity index (χ0n) is 19.5. The van der Waals surface area contributed by atoms with Gasteiger partial charge in [0.05, 0.1) is 31.8 Å². The summed E-state index contributed by atoms with van der Waals surface area (Å²) in [7, 11) is 1.61. The van der Waals surface area contributed by atoms with Gasteiger partial charge in [-0.2, -0.15) is 0 Å². The number of nitrogens with zero attached hydrogens (tertiary/aromatic N) is 2. The van der Waals surface area contributed by atoms with Crippen molar-refractivity contribution in [2.24, 2.45) is 0 Å². The highest BCUT2D eigenvalue weighted by Crippen LogP contribution is 2.37. The minimum atomic E-state index is -0.306. The lowest BCUT2D eigenvalue weighted by molar-refractivity contribution is -0.145. The second-order valence-electron chi connectivity index (χ2n) is 8.05. The molecule has 4 rings (SSSR count). The van der Waals surface area contributed by atoms with Crippen LogP contribution in [0.25, 0.3) is 10.9 Å². The Bertz CT molecular complexity index is 1250. The molecule has 0 bridgehead atoms. The van der Waals surface area contributed by atoms with E-state index in [1.165, 1.54) is 0 Å². The molecule has 0 radical (unpaired) electrons. The monoisotopic (exact) mass is 455 g/mol. The smallest absolute Gasteiger partial charge is 0.320 e. The third-order valence-electron chi connectivity index (χ3n) is 5.67. The SMILES string of the molecule is CCOC(=O)CN(Cc1ccccc1)C(c1ccccc1)c1cc2cc(N)ccc2nc1OC. The molecule has 1 atom stereocenters. The molecule has 4 aromatic rings. The molecule has 6 nitrogen and oxygen atoms in total. The minimum Gasteiger partial charge on any atom is -0.481 e. The molecular weight excluding hydrogens is 426 g/mol. The van der Waals surface area contributed by atoms with E-state index in [2.05, 4.69) is 35.2 Å². The number of aromatic nitrogens is 1. The largest absolute Gasteiger partial charge is 0.481 e. The predicted molar refractivity (Wildman–Crippen MR) is 134 cm³/mol. The first-order chi connectivity index (χ1) is 16.6. The second-order valence-corrected chi connectivity index (χ2v) is 8.05. The van der Waals surface area contributed by atoms with Crippen LogP contribution in [0.4, 0.5) is 5.69 Å². The Morgan fingerprint density at radius 1 is 1.00 bits per heavy atom. The van der Waals surface area contributed by atoms with Gasteiger partial charge >= 0.3 is 5.97 Å². The number of benzene rings is 3. The lowest BCUT2D eigenvalue weighted by Gasteiger charge is -2.32. The summed E-state index contributed by atoms with van der Waals surface area (Å²) in [5.41, 5.74) is 10.5. The highest BCUT2D eigenvalue weighted by molar-refractivity contribution is 5.83. The predicted octanol–water partition coefficient (Wildman–Crippen LogP) is 4.98. The molecule has 3 aromatic carbocycles. The van der Waals surface area contributed by atoms with Gasteiger partial charge in [-0.15, -0.1) is 0 Å². The zero-order valence-corrected chi connectivity index (χ0v) is 19.5. The van der Waals surface area contributed by atoms with Crippen LogP contribution in [0, 0.1) is 0 Å². The first kappa shape index (κ1) is 23.3. The number of hydrogen-bond acceptors (Lipinski definition) is 6. The second kappa shape index (κ2) is 10.8. The van der Waals surface area contributed by atoms with Gasteiger partial charge in [0.1, 0.15) is 0 Å². The summed E-state index contributed by atoms with van der Waals surface area (Å²) in [6.07, 6.45) is 0. The fourth-order valence-electron chi connectivity index (χ4n) is 4.20. The molecule has 0 saturated carbocycles. The molecule has 0 fully saturated rings. The maximum Gasteiger partial charge on any atom is 0.320 e. The number of fused-ring (bicyclic) bond motifs is 1. The number of nitrogen functional groups attached to an aromatic ring is 1. The van der Waals surface area contributed by atoms with Crippen LogP contribution in [0.15, 0.2) is 84.9 Å². The molecule has 0 saturated heterocycles. The summed E-state index contributed by atoms with van der Waals surface area (Å²) in [6, 6.07) is 27.5. The number of anilines is 1. The van der Waals surface area contributed by atoms with Crippen LogP contribution in [0.3, 0.4) is 0 Å². The Morgan fingerprint density at radius 3 is 2.38 bits per heavy atom. The van der Waals surface area contributed by atoms with Crippen molar-refractivity contribution in [2.45, 2.75) is 19.5 Å². The van der Waals surface area contributed by atoms with E-state index < -0.39 is 0 Å². The molecule has 1 heterocycles. The Kier molecular flexibility index (Phi) is 7.40. The third kappa shape index (κ3) is 5.35. The number of carbonyl (C=O) groups excluding carboxylic acids is 1. The first-order valence-electron chi connectivity index (χ1n) is 11.3. The quantitative estimate of drug-likeness (QED) is 0.283. The molecular formula is C28H29N3O3.